The van der Waals surface area contributed by atoms with E-state index in [4.69, 9.17) is 5.73 Å². The molecule has 0 aliphatic carbocycles. The van der Waals surface area contributed by atoms with Crippen LogP contribution in [0.3, 0.4) is 0 Å². The molecule has 1 aliphatic heterocycles. The Morgan fingerprint density at radius 1 is 1.25 bits per heavy atom. The van der Waals surface area contributed by atoms with Crippen molar-refractivity contribution in [2.24, 2.45) is 0 Å². The lowest BCUT2D eigenvalue weighted by atomic mass is 10.1. The number of nitrogens with two attached hydrogens (primary N) is 1. The maximum absolute atomic E-state index is 5.89. The highest BCUT2D eigenvalue weighted by Gasteiger charge is 2.12. The number of nitrogen functional groups attached to an aromatic ring is 1. The van der Waals surface area contributed by atoms with E-state index in [1.54, 1.807) is 0 Å². The quantitative estimate of drug-likeness (QED) is 0.889. The monoisotopic (exact) mass is 319 g/mol. The van der Waals surface area contributed by atoms with Crippen molar-refractivity contribution in [1.29, 1.82) is 0 Å². The highest BCUT2D eigenvalue weighted by Crippen LogP contribution is 2.21. The number of nitrogens with zero attached hydrogens (tertiary/aromatic N) is 3. The maximum atomic E-state index is 5.89. The summed E-state index contributed by atoms with van der Waals surface area (Å²) in [5.41, 5.74) is 8.12. The first-order chi connectivity index (χ1) is 8.74. The summed E-state index contributed by atoms with van der Waals surface area (Å²) >= 11 is 0. The Kier molecular flexibility index (Phi) is 8.53. The van der Waals surface area contributed by atoms with Gasteiger partial charge in [0.15, 0.2) is 0 Å². The largest absolute Gasteiger partial charge is 0.384 e. The summed E-state index contributed by atoms with van der Waals surface area (Å²) in [4.78, 5) is 11.1. The normalized spacial score (nSPS) is 13.8. The fraction of sp³-hybridized carbons (Fsp3) is 0.538. The van der Waals surface area contributed by atoms with E-state index in [1.165, 1.54) is 5.57 Å². The third kappa shape index (κ3) is 4.51. The molecule has 0 amide bonds. The van der Waals surface area contributed by atoms with Crippen molar-refractivity contribution in [1.82, 2.24) is 15.3 Å². The van der Waals surface area contributed by atoms with Gasteiger partial charge in [-0.25, -0.2) is 4.98 Å². The lowest BCUT2D eigenvalue weighted by molar-refractivity contribution is 0.735. The number of halogens is 2. The molecule has 1 aromatic heterocycles. The molecule has 0 fully saturated rings. The van der Waals surface area contributed by atoms with Crippen LogP contribution in [0.4, 0.5) is 11.8 Å². The van der Waals surface area contributed by atoms with Crippen LogP contribution in [0.25, 0.3) is 5.57 Å². The van der Waals surface area contributed by atoms with E-state index in [0.717, 1.165) is 44.2 Å². The van der Waals surface area contributed by atoms with E-state index < -0.39 is 0 Å². The minimum Gasteiger partial charge on any atom is -0.384 e. The van der Waals surface area contributed by atoms with Crippen molar-refractivity contribution < 1.29 is 0 Å². The van der Waals surface area contributed by atoms with Crippen molar-refractivity contribution in [2.45, 2.75) is 20.3 Å². The molecule has 0 aromatic carbocycles. The topological polar surface area (TPSA) is 67.1 Å². The summed E-state index contributed by atoms with van der Waals surface area (Å²) in [6, 6.07) is 1.87. The molecule has 20 heavy (non-hydrogen) atoms. The summed E-state index contributed by atoms with van der Waals surface area (Å²) in [6.45, 7) is 7.87. The molecule has 2 heterocycles. The lowest BCUT2D eigenvalue weighted by Gasteiger charge is -2.20. The van der Waals surface area contributed by atoms with Gasteiger partial charge in [-0.1, -0.05) is 6.08 Å². The van der Waals surface area contributed by atoms with Crippen LogP contribution in [-0.4, -0.2) is 36.1 Å². The Balaban J connectivity index is 0.00000180. The molecule has 0 radical (unpaired) electrons. The summed E-state index contributed by atoms with van der Waals surface area (Å²) in [7, 11) is 0. The van der Waals surface area contributed by atoms with Crippen LogP contribution in [0.2, 0.25) is 0 Å². The molecule has 5 nitrogen and oxygen atoms in total. The smallest absolute Gasteiger partial charge is 0.227 e. The van der Waals surface area contributed by atoms with E-state index >= 15 is 0 Å². The fourth-order valence-electron chi connectivity index (χ4n) is 2.12. The highest BCUT2D eigenvalue weighted by molar-refractivity contribution is 5.85. The van der Waals surface area contributed by atoms with Crippen LogP contribution in [0.15, 0.2) is 12.1 Å². The fourth-order valence-corrected chi connectivity index (χ4v) is 2.12. The van der Waals surface area contributed by atoms with Gasteiger partial charge in [-0.15, -0.1) is 24.8 Å². The van der Waals surface area contributed by atoms with Crippen molar-refractivity contribution in [2.75, 3.05) is 36.8 Å². The van der Waals surface area contributed by atoms with Crippen molar-refractivity contribution in [3.05, 3.63) is 17.8 Å². The molecule has 7 heteroatoms. The highest BCUT2D eigenvalue weighted by atomic mass is 35.5. The summed E-state index contributed by atoms with van der Waals surface area (Å²) in [5, 5.41) is 3.30. The molecule has 0 bridgehead atoms. The second-order valence-corrected chi connectivity index (χ2v) is 4.33. The Morgan fingerprint density at radius 3 is 2.50 bits per heavy atom. The molecule has 1 aliphatic rings. The van der Waals surface area contributed by atoms with E-state index in [0.29, 0.717) is 5.82 Å². The van der Waals surface area contributed by atoms with E-state index in [9.17, 15) is 0 Å². The summed E-state index contributed by atoms with van der Waals surface area (Å²) in [5.74, 6) is 1.27. The molecule has 3 N–H and O–H groups in total. The van der Waals surface area contributed by atoms with Crippen molar-refractivity contribution >= 4 is 42.2 Å². The van der Waals surface area contributed by atoms with Crippen LogP contribution in [0.5, 0.6) is 0 Å². The first-order valence-electron chi connectivity index (χ1n) is 6.54. The number of aromatic nitrogens is 2. The third-order valence-corrected chi connectivity index (χ3v) is 3.17. The van der Waals surface area contributed by atoms with E-state index in [2.05, 4.69) is 40.1 Å². The maximum Gasteiger partial charge on any atom is 0.227 e. The number of rotatable bonds is 4. The van der Waals surface area contributed by atoms with Gasteiger partial charge >= 0.3 is 0 Å². The van der Waals surface area contributed by atoms with Gasteiger partial charge in [0.2, 0.25) is 5.95 Å². The van der Waals surface area contributed by atoms with Crippen LogP contribution in [0, 0.1) is 0 Å². The van der Waals surface area contributed by atoms with Crippen LogP contribution >= 0.6 is 24.8 Å². The Morgan fingerprint density at radius 2 is 1.95 bits per heavy atom. The minimum atomic E-state index is 0. The van der Waals surface area contributed by atoms with Gasteiger partial charge in [-0.05, 0) is 32.4 Å². The molecule has 0 saturated carbocycles. The Labute approximate surface area is 132 Å². The first kappa shape index (κ1) is 19.0. The molecular weight excluding hydrogens is 297 g/mol. The predicted octanol–water partition coefficient (Wildman–Crippen LogP) is 2.13. The standard InChI is InChI=1S/C13H21N5.2ClH/c1-3-18(4-2)13-16-11(9-12(14)17-13)10-5-7-15-8-6-10;;/h5,9,15H,3-4,6-8H2,1-2H3,(H2,14,16,17);2*1H. The second-order valence-electron chi connectivity index (χ2n) is 4.33. The predicted molar refractivity (Wildman–Crippen MR) is 90.0 cm³/mol. The number of anilines is 2. The zero-order valence-corrected chi connectivity index (χ0v) is 13.6. The second kappa shape index (κ2) is 9.00. The molecule has 0 spiro atoms. The Bertz CT molecular complexity index is 446. The SMILES string of the molecule is CCN(CC)c1nc(N)cc(C2=CCNCC2)n1.Cl.Cl. The molecule has 2 rings (SSSR count). The van der Waals surface area contributed by atoms with Gasteiger partial charge in [0, 0.05) is 25.7 Å². The third-order valence-electron chi connectivity index (χ3n) is 3.17. The molecule has 0 saturated heterocycles. The van der Waals surface area contributed by atoms with E-state index in [-0.39, 0.29) is 24.8 Å². The van der Waals surface area contributed by atoms with Crippen molar-refractivity contribution in [3.8, 4) is 0 Å². The summed E-state index contributed by atoms with van der Waals surface area (Å²) in [6.07, 6.45) is 3.17. The zero-order valence-electron chi connectivity index (χ0n) is 11.9. The van der Waals surface area contributed by atoms with Gasteiger partial charge in [-0.3, -0.25) is 0 Å². The zero-order chi connectivity index (χ0) is 13.0. The molecule has 0 atom stereocenters. The van der Waals surface area contributed by atoms with Crippen LogP contribution < -0.4 is 16.0 Å². The average molecular weight is 320 g/mol. The molecular formula is C13H23Cl2N5. The van der Waals surface area contributed by atoms with Crippen LogP contribution in [-0.2, 0) is 0 Å². The van der Waals surface area contributed by atoms with Gasteiger partial charge < -0.3 is 16.0 Å². The lowest BCUT2D eigenvalue weighted by Crippen LogP contribution is -2.25. The first-order valence-corrected chi connectivity index (χ1v) is 6.54. The molecule has 114 valence electrons. The molecule has 0 unspecified atom stereocenters. The van der Waals surface area contributed by atoms with Crippen LogP contribution in [0.1, 0.15) is 26.0 Å². The van der Waals surface area contributed by atoms with Gasteiger partial charge in [0.25, 0.3) is 0 Å². The Hall–Kier alpha value is -1.04. The molecule has 1 aromatic rings. The number of hydrogen-bond acceptors (Lipinski definition) is 5. The van der Waals surface area contributed by atoms with Crippen molar-refractivity contribution in [3.63, 3.8) is 0 Å². The number of hydrogen-bond donors (Lipinski definition) is 2. The van der Waals surface area contributed by atoms with Gasteiger partial charge in [0.1, 0.15) is 5.82 Å². The van der Waals surface area contributed by atoms with E-state index in [1.807, 2.05) is 6.07 Å². The average Bonchev–Trinajstić information content (AvgIpc) is 2.40. The summed E-state index contributed by atoms with van der Waals surface area (Å²) < 4.78 is 0. The minimum absolute atomic E-state index is 0. The number of nitrogens with one attached hydrogen (secondary N) is 1. The van der Waals surface area contributed by atoms with Gasteiger partial charge in [-0.2, -0.15) is 4.98 Å². The van der Waals surface area contributed by atoms with Gasteiger partial charge in [0.05, 0.1) is 5.69 Å².